The molecule has 168 valence electrons. The predicted octanol–water partition coefficient (Wildman–Crippen LogP) is 3.46. The first kappa shape index (κ1) is 21.0. The van der Waals surface area contributed by atoms with E-state index < -0.39 is 15.7 Å². The Kier molecular flexibility index (Phi) is 5.26. The molecule has 0 aliphatic heterocycles. The summed E-state index contributed by atoms with van der Waals surface area (Å²) in [6.45, 7) is 0. The molecule has 4 aromatic rings. The van der Waals surface area contributed by atoms with Crippen molar-refractivity contribution in [2.75, 3.05) is 4.72 Å². The Balaban J connectivity index is 1.41. The molecule has 0 unspecified atom stereocenters. The maximum atomic E-state index is 13.2. The van der Waals surface area contributed by atoms with E-state index >= 15 is 0 Å². The van der Waals surface area contributed by atoms with E-state index in [-0.39, 0.29) is 28.1 Å². The Bertz CT molecular complexity index is 1520. The van der Waals surface area contributed by atoms with E-state index in [1.165, 1.54) is 23.8 Å². The van der Waals surface area contributed by atoms with Crippen LogP contribution in [-0.4, -0.2) is 24.3 Å². The number of rotatable bonds is 5. The minimum absolute atomic E-state index is 0.0262. The van der Waals surface area contributed by atoms with Gasteiger partial charge in [0.15, 0.2) is 0 Å². The van der Waals surface area contributed by atoms with E-state index in [2.05, 4.69) is 26.1 Å². The number of carbonyl (C=O) groups excluding carboxylic acids is 1. The van der Waals surface area contributed by atoms with E-state index in [1.54, 1.807) is 24.3 Å². The van der Waals surface area contributed by atoms with Gasteiger partial charge in [-0.15, -0.1) is 0 Å². The van der Waals surface area contributed by atoms with Gasteiger partial charge in [-0.05, 0) is 60.7 Å². The fourth-order valence-electron chi connectivity index (χ4n) is 4.29. The number of hydrogen-bond acceptors (Lipinski definition) is 4. The van der Waals surface area contributed by atoms with Crippen molar-refractivity contribution in [3.8, 4) is 0 Å². The Morgan fingerprint density at radius 1 is 0.939 bits per heavy atom. The predicted molar refractivity (Wildman–Crippen MR) is 126 cm³/mol. The first-order chi connectivity index (χ1) is 15.9. The van der Waals surface area contributed by atoms with Gasteiger partial charge in [0, 0.05) is 0 Å². The van der Waals surface area contributed by atoms with Gasteiger partial charge in [-0.3, -0.25) is 9.52 Å². The monoisotopic (exact) mass is 462 g/mol. The summed E-state index contributed by atoms with van der Waals surface area (Å²) < 4.78 is 28.6. The highest BCUT2D eigenvalue weighted by molar-refractivity contribution is 7.92. The molecule has 0 radical (unpaired) electrons. The number of amides is 1. The maximum absolute atomic E-state index is 13.2. The van der Waals surface area contributed by atoms with Crippen molar-refractivity contribution in [2.24, 2.45) is 0 Å². The van der Waals surface area contributed by atoms with Crippen LogP contribution >= 0.6 is 0 Å². The first-order valence-corrected chi connectivity index (χ1v) is 12.1. The SMILES string of the molecule is O=C(N[C@@H]1CCCc2ccccc21)c1ccccc1NS(=O)(=O)c1ccc2[nH]c(=O)[nH]c2c1. The first-order valence-electron chi connectivity index (χ1n) is 10.6. The van der Waals surface area contributed by atoms with Crippen LogP contribution in [-0.2, 0) is 16.4 Å². The number of sulfonamides is 1. The lowest BCUT2D eigenvalue weighted by atomic mass is 9.87. The van der Waals surface area contributed by atoms with Crippen LogP contribution in [0, 0.1) is 0 Å². The lowest BCUT2D eigenvalue weighted by Crippen LogP contribution is -2.31. The van der Waals surface area contributed by atoms with Crippen LogP contribution in [0.4, 0.5) is 5.69 Å². The zero-order valence-corrected chi connectivity index (χ0v) is 18.4. The number of hydrogen-bond donors (Lipinski definition) is 4. The molecule has 9 heteroatoms. The molecule has 1 heterocycles. The number of anilines is 1. The molecule has 1 atom stereocenters. The van der Waals surface area contributed by atoms with Crippen LogP contribution in [0.3, 0.4) is 0 Å². The number of nitrogens with one attached hydrogen (secondary N) is 4. The molecular formula is C24H22N4O4S. The second-order valence-corrected chi connectivity index (χ2v) is 9.74. The molecule has 5 rings (SSSR count). The number of fused-ring (bicyclic) bond motifs is 2. The van der Waals surface area contributed by atoms with Gasteiger partial charge in [0.2, 0.25) is 0 Å². The molecule has 0 saturated heterocycles. The van der Waals surface area contributed by atoms with Crippen molar-refractivity contribution >= 4 is 32.7 Å². The van der Waals surface area contributed by atoms with Crippen molar-refractivity contribution in [3.63, 3.8) is 0 Å². The minimum Gasteiger partial charge on any atom is -0.345 e. The largest absolute Gasteiger partial charge is 0.345 e. The topological polar surface area (TPSA) is 124 Å². The maximum Gasteiger partial charge on any atom is 0.323 e. The second-order valence-electron chi connectivity index (χ2n) is 8.05. The summed E-state index contributed by atoms with van der Waals surface area (Å²) in [6, 6.07) is 18.7. The summed E-state index contributed by atoms with van der Waals surface area (Å²) in [7, 11) is -4.00. The van der Waals surface area contributed by atoms with Crippen LogP contribution in [0.2, 0.25) is 0 Å². The minimum atomic E-state index is -4.00. The molecule has 1 amide bonds. The Morgan fingerprint density at radius 2 is 1.70 bits per heavy atom. The number of carbonyl (C=O) groups is 1. The molecule has 1 aliphatic carbocycles. The van der Waals surface area contributed by atoms with Gasteiger partial charge < -0.3 is 15.3 Å². The third-order valence-corrected chi connectivity index (χ3v) is 7.25. The van der Waals surface area contributed by atoms with E-state index in [0.29, 0.717) is 11.0 Å². The highest BCUT2D eigenvalue weighted by Gasteiger charge is 2.24. The summed E-state index contributed by atoms with van der Waals surface area (Å²) in [5, 5.41) is 3.07. The molecule has 0 bridgehead atoms. The van der Waals surface area contributed by atoms with Crippen LogP contribution in [0.15, 0.2) is 76.4 Å². The number of para-hydroxylation sites is 1. The third kappa shape index (κ3) is 4.14. The fourth-order valence-corrected chi connectivity index (χ4v) is 5.40. The quantitative estimate of drug-likeness (QED) is 0.363. The Hall–Kier alpha value is -3.85. The zero-order chi connectivity index (χ0) is 23.0. The van der Waals surface area contributed by atoms with Crippen LogP contribution in [0.1, 0.15) is 40.4 Å². The number of benzene rings is 3. The molecule has 0 saturated carbocycles. The van der Waals surface area contributed by atoms with Crippen molar-refractivity contribution in [3.05, 3.63) is 93.9 Å². The van der Waals surface area contributed by atoms with Gasteiger partial charge in [-0.25, -0.2) is 13.2 Å². The van der Waals surface area contributed by atoms with Gasteiger partial charge in [0.05, 0.1) is 33.2 Å². The lowest BCUT2D eigenvalue weighted by Gasteiger charge is -2.26. The van der Waals surface area contributed by atoms with Gasteiger partial charge in [0.1, 0.15) is 0 Å². The van der Waals surface area contributed by atoms with Crippen LogP contribution in [0.25, 0.3) is 11.0 Å². The lowest BCUT2D eigenvalue weighted by molar-refractivity contribution is 0.0933. The molecular weight excluding hydrogens is 440 g/mol. The van der Waals surface area contributed by atoms with Crippen molar-refractivity contribution < 1.29 is 13.2 Å². The summed E-state index contributed by atoms with van der Waals surface area (Å²) in [5.74, 6) is -0.347. The summed E-state index contributed by atoms with van der Waals surface area (Å²) in [6.07, 6.45) is 2.78. The standard InChI is InChI=1S/C24H22N4O4S/c29-23(25-19-11-5-7-15-6-1-2-8-17(15)19)18-9-3-4-10-20(18)28-33(31,32)16-12-13-21-22(14-16)27-24(30)26-21/h1-4,6,8-10,12-14,19,28H,5,7,11H2,(H,25,29)(H2,26,27,30)/t19-/m1/s1. The molecule has 4 N–H and O–H groups in total. The average molecular weight is 463 g/mol. The van der Waals surface area contributed by atoms with Crippen molar-refractivity contribution in [1.82, 2.24) is 15.3 Å². The van der Waals surface area contributed by atoms with E-state index in [4.69, 9.17) is 0 Å². The second kappa shape index (κ2) is 8.25. The number of aromatic nitrogens is 2. The average Bonchev–Trinajstić information content (AvgIpc) is 3.18. The molecule has 8 nitrogen and oxygen atoms in total. The summed E-state index contributed by atoms with van der Waals surface area (Å²) in [5.41, 5.74) is 3.21. The van der Waals surface area contributed by atoms with Gasteiger partial charge >= 0.3 is 5.69 Å². The molecule has 3 aromatic carbocycles. The Morgan fingerprint density at radius 3 is 2.58 bits per heavy atom. The molecule has 1 aliphatic rings. The van der Waals surface area contributed by atoms with Crippen molar-refractivity contribution in [1.29, 1.82) is 0 Å². The molecule has 0 fully saturated rings. The number of H-pyrrole nitrogens is 2. The summed E-state index contributed by atoms with van der Waals surface area (Å²) in [4.78, 5) is 29.7. The van der Waals surface area contributed by atoms with Gasteiger partial charge in [-0.2, -0.15) is 0 Å². The normalized spacial score (nSPS) is 15.7. The van der Waals surface area contributed by atoms with E-state index in [1.807, 2.05) is 18.2 Å². The van der Waals surface area contributed by atoms with Crippen molar-refractivity contribution in [2.45, 2.75) is 30.2 Å². The highest BCUT2D eigenvalue weighted by Crippen LogP contribution is 2.30. The summed E-state index contributed by atoms with van der Waals surface area (Å²) >= 11 is 0. The molecule has 1 aromatic heterocycles. The zero-order valence-electron chi connectivity index (χ0n) is 17.6. The molecule has 0 spiro atoms. The van der Waals surface area contributed by atoms with Gasteiger partial charge in [0.25, 0.3) is 15.9 Å². The van der Waals surface area contributed by atoms with Crippen LogP contribution < -0.4 is 15.7 Å². The number of aryl methyl sites for hydroxylation is 1. The van der Waals surface area contributed by atoms with Crippen LogP contribution in [0.5, 0.6) is 0 Å². The van der Waals surface area contributed by atoms with Gasteiger partial charge in [-0.1, -0.05) is 36.4 Å². The number of aromatic amines is 2. The third-order valence-electron chi connectivity index (χ3n) is 5.89. The van der Waals surface area contributed by atoms with E-state index in [0.717, 1.165) is 24.8 Å². The number of imidazole rings is 1. The van der Waals surface area contributed by atoms with E-state index in [9.17, 15) is 18.0 Å². The smallest absolute Gasteiger partial charge is 0.323 e. The molecule has 33 heavy (non-hydrogen) atoms. The Labute approximate surface area is 190 Å². The highest BCUT2D eigenvalue weighted by atomic mass is 32.2. The fraction of sp³-hybridized carbons (Fsp3) is 0.167.